The molecule has 3 atom stereocenters. The zero-order valence-corrected chi connectivity index (χ0v) is 16.5. The summed E-state index contributed by atoms with van der Waals surface area (Å²) in [6.07, 6.45) is -3.05. The number of ether oxygens (including phenoxy) is 1. The predicted octanol–water partition coefficient (Wildman–Crippen LogP) is 5.35. The van der Waals surface area contributed by atoms with Crippen LogP contribution in [0.25, 0.3) is 0 Å². The fourth-order valence-electron chi connectivity index (χ4n) is 3.92. The molecule has 4 nitrogen and oxygen atoms in total. The lowest BCUT2D eigenvalue weighted by Crippen LogP contribution is -2.35. The average Bonchev–Trinajstić information content (AvgIpc) is 2.69. The largest absolute Gasteiger partial charge is 0.416 e. The maximum absolute atomic E-state index is 14.1. The van der Waals surface area contributed by atoms with Gasteiger partial charge in [-0.2, -0.15) is 13.2 Å². The van der Waals surface area contributed by atoms with E-state index >= 15 is 0 Å². The van der Waals surface area contributed by atoms with E-state index in [0.29, 0.717) is 31.2 Å². The van der Waals surface area contributed by atoms with Gasteiger partial charge >= 0.3 is 6.18 Å². The minimum atomic E-state index is -4.65. The van der Waals surface area contributed by atoms with E-state index in [1.165, 1.54) is 0 Å². The van der Waals surface area contributed by atoms with Crippen LogP contribution in [0, 0.1) is 11.7 Å². The second-order valence-electron chi connectivity index (χ2n) is 7.53. The summed E-state index contributed by atoms with van der Waals surface area (Å²) in [5.41, 5.74) is 6.06. The Morgan fingerprint density at radius 2 is 1.83 bits per heavy atom. The molecule has 1 saturated carbocycles. The number of hydrogen-bond acceptors (Lipinski definition) is 3. The standard InChI is InChI=1S/C22H24F4N2O2/c1-2-30-18-10-14(13-3-6-17(27)7-4-13)9-15(11-18)21(29)28-20-8-5-16(12-19(20)23)22(24,25)26/h3-8,12,14-15,18H,2,9-11,27H2,1H3,(H,28,29). The second-order valence-corrected chi connectivity index (χ2v) is 7.53. The molecule has 8 heteroatoms. The van der Waals surface area contributed by atoms with Crippen LogP contribution in [-0.4, -0.2) is 18.6 Å². The molecule has 30 heavy (non-hydrogen) atoms. The summed E-state index contributed by atoms with van der Waals surface area (Å²) in [6, 6.07) is 9.50. The van der Waals surface area contributed by atoms with Gasteiger partial charge in [-0.05, 0) is 68.0 Å². The first-order valence-corrected chi connectivity index (χ1v) is 9.82. The van der Waals surface area contributed by atoms with Crippen LogP contribution < -0.4 is 11.1 Å². The Balaban J connectivity index is 1.75. The van der Waals surface area contributed by atoms with Gasteiger partial charge in [0.25, 0.3) is 0 Å². The Kier molecular flexibility index (Phi) is 6.65. The van der Waals surface area contributed by atoms with E-state index in [1.807, 2.05) is 19.1 Å². The lowest BCUT2D eigenvalue weighted by molar-refractivity contribution is -0.137. The quantitative estimate of drug-likeness (QED) is 0.502. The van der Waals surface area contributed by atoms with Crippen molar-refractivity contribution in [3.05, 3.63) is 59.4 Å². The third-order valence-electron chi connectivity index (χ3n) is 5.40. The summed E-state index contributed by atoms with van der Waals surface area (Å²) in [4.78, 5) is 12.8. The van der Waals surface area contributed by atoms with Crippen LogP contribution in [0.2, 0.25) is 0 Å². The van der Waals surface area contributed by atoms with E-state index in [2.05, 4.69) is 5.32 Å². The lowest BCUT2D eigenvalue weighted by Gasteiger charge is -2.34. The highest BCUT2D eigenvalue weighted by atomic mass is 19.4. The number of rotatable bonds is 5. The number of halogens is 4. The fraction of sp³-hybridized carbons (Fsp3) is 0.409. The van der Waals surface area contributed by atoms with Crippen molar-refractivity contribution in [3.8, 4) is 0 Å². The monoisotopic (exact) mass is 424 g/mol. The molecule has 1 fully saturated rings. The summed E-state index contributed by atoms with van der Waals surface area (Å²) in [7, 11) is 0. The minimum absolute atomic E-state index is 0.0594. The van der Waals surface area contributed by atoms with Gasteiger partial charge in [-0.25, -0.2) is 4.39 Å². The van der Waals surface area contributed by atoms with Gasteiger partial charge in [0.15, 0.2) is 0 Å². The van der Waals surface area contributed by atoms with E-state index in [4.69, 9.17) is 10.5 Å². The second kappa shape index (κ2) is 9.04. The molecule has 1 aliphatic rings. The van der Waals surface area contributed by atoms with Crippen LogP contribution in [-0.2, 0) is 15.7 Å². The van der Waals surface area contributed by atoms with E-state index in [9.17, 15) is 22.4 Å². The molecule has 0 aliphatic heterocycles. The molecule has 0 aromatic heterocycles. The molecule has 0 spiro atoms. The van der Waals surface area contributed by atoms with Crippen molar-refractivity contribution in [2.45, 2.75) is 44.4 Å². The van der Waals surface area contributed by atoms with Crippen LogP contribution in [0.5, 0.6) is 0 Å². The first-order chi connectivity index (χ1) is 14.2. The number of nitrogens with one attached hydrogen (secondary N) is 1. The molecular formula is C22H24F4N2O2. The smallest absolute Gasteiger partial charge is 0.399 e. The number of benzene rings is 2. The molecule has 1 amide bonds. The average molecular weight is 424 g/mol. The van der Waals surface area contributed by atoms with Crippen molar-refractivity contribution in [2.75, 3.05) is 17.7 Å². The molecule has 1 aliphatic carbocycles. The summed E-state index contributed by atoms with van der Waals surface area (Å²) in [6.45, 7) is 2.38. The summed E-state index contributed by atoms with van der Waals surface area (Å²) in [5.74, 6) is -1.95. The number of carbonyl (C=O) groups is 1. The van der Waals surface area contributed by atoms with Gasteiger partial charge in [0, 0.05) is 18.2 Å². The third-order valence-corrected chi connectivity index (χ3v) is 5.40. The van der Waals surface area contributed by atoms with Crippen LogP contribution in [0.1, 0.15) is 43.2 Å². The van der Waals surface area contributed by atoms with Crippen LogP contribution in [0.4, 0.5) is 28.9 Å². The Morgan fingerprint density at radius 3 is 2.43 bits per heavy atom. The Morgan fingerprint density at radius 1 is 1.13 bits per heavy atom. The van der Waals surface area contributed by atoms with Crippen molar-refractivity contribution in [2.24, 2.45) is 5.92 Å². The number of carbonyl (C=O) groups excluding carboxylic acids is 1. The lowest BCUT2D eigenvalue weighted by atomic mass is 9.76. The number of anilines is 2. The molecule has 2 aromatic rings. The van der Waals surface area contributed by atoms with Gasteiger partial charge in [0.1, 0.15) is 5.82 Å². The zero-order chi connectivity index (χ0) is 21.9. The normalized spacial score (nSPS) is 22.0. The van der Waals surface area contributed by atoms with Crippen LogP contribution >= 0.6 is 0 Å². The molecule has 3 N–H and O–H groups in total. The van der Waals surface area contributed by atoms with Crippen molar-refractivity contribution in [3.63, 3.8) is 0 Å². The van der Waals surface area contributed by atoms with Crippen molar-refractivity contribution < 1.29 is 27.1 Å². The Labute approximate surface area is 172 Å². The van der Waals surface area contributed by atoms with Gasteiger partial charge in [0.2, 0.25) is 5.91 Å². The summed E-state index contributed by atoms with van der Waals surface area (Å²) < 4.78 is 58.1. The van der Waals surface area contributed by atoms with E-state index < -0.39 is 29.4 Å². The number of nitrogen functional groups attached to an aromatic ring is 1. The first-order valence-electron chi connectivity index (χ1n) is 9.82. The Hall–Kier alpha value is -2.61. The molecule has 162 valence electrons. The highest BCUT2D eigenvalue weighted by Crippen LogP contribution is 2.39. The molecule has 0 heterocycles. The molecule has 0 bridgehead atoms. The molecule has 3 rings (SSSR count). The number of hydrogen-bond donors (Lipinski definition) is 2. The maximum atomic E-state index is 14.1. The molecular weight excluding hydrogens is 400 g/mol. The van der Waals surface area contributed by atoms with E-state index in [1.54, 1.807) is 12.1 Å². The fourth-order valence-corrected chi connectivity index (χ4v) is 3.92. The van der Waals surface area contributed by atoms with Gasteiger partial charge in [-0.3, -0.25) is 4.79 Å². The molecule has 2 aromatic carbocycles. The Bertz CT molecular complexity index is 884. The zero-order valence-electron chi connectivity index (χ0n) is 16.5. The van der Waals surface area contributed by atoms with Gasteiger partial charge in [-0.1, -0.05) is 12.1 Å². The van der Waals surface area contributed by atoms with Crippen LogP contribution in [0.3, 0.4) is 0 Å². The SMILES string of the molecule is CCOC1CC(C(=O)Nc2ccc(C(F)(F)F)cc2F)CC(c2ccc(N)cc2)C1. The van der Waals surface area contributed by atoms with E-state index in [-0.39, 0.29) is 17.7 Å². The van der Waals surface area contributed by atoms with Gasteiger partial charge < -0.3 is 15.8 Å². The van der Waals surface area contributed by atoms with Gasteiger partial charge in [0.05, 0.1) is 17.4 Å². The van der Waals surface area contributed by atoms with Crippen molar-refractivity contribution >= 4 is 17.3 Å². The first kappa shape index (κ1) is 22.1. The summed E-state index contributed by atoms with van der Waals surface area (Å²) in [5, 5.41) is 2.45. The third kappa shape index (κ3) is 5.30. The predicted molar refractivity (Wildman–Crippen MR) is 106 cm³/mol. The number of alkyl halides is 3. The van der Waals surface area contributed by atoms with E-state index in [0.717, 1.165) is 24.1 Å². The van der Waals surface area contributed by atoms with Crippen LogP contribution in [0.15, 0.2) is 42.5 Å². The van der Waals surface area contributed by atoms with Crippen molar-refractivity contribution in [1.82, 2.24) is 0 Å². The number of amides is 1. The van der Waals surface area contributed by atoms with Crippen molar-refractivity contribution in [1.29, 1.82) is 0 Å². The van der Waals surface area contributed by atoms with Gasteiger partial charge in [-0.15, -0.1) is 0 Å². The maximum Gasteiger partial charge on any atom is 0.416 e. The highest BCUT2D eigenvalue weighted by Gasteiger charge is 2.35. The highest BCUT2D eigenvalue weighted by molar-refractivity contribution is 5.92. The molecule has 3 unspecified atom stereocenters. The number of nitrogens with two attached hydrogens (primary N) is 1. The molecule has 0 saturated heterocycles. The summed E-state index contributed by atoms with van der Waals surface area (Å²) >= 11 is 0. The molecule has 0 radical (unpaired) electrons. The minimum Gasteiger partial charge on any atom is -0.399 e. The topological polar surface area (TPSA) is 64.3 Å².